The number of nitrogens with two attached hydrogens (primary N) is 1. The summed E-state index contributed by atoms with van der Waals surface area (Å²) in [6, 6.07) is 2.09. The topological polar surface area (TPSA) is 85.8 Å². The largest absolute Gasteiger partial charge is 0.367 e. The number of aryl methyl sites for hydroxylation is 1. The van der Waals surface area contributed by atoms with E-state index in [1.807, 2.05) is 5.38 Å². The van der Waals surface area contributed by atoms with Gasteiger partial charge in [0.05, 0.1) is 6.54 Å². The molecule has 0 saturated heterocycles. The van der Waals surface area contributed by atoms with Gasteiger partial charge in [0.1, 0.15) is 12.9 Å². The van der Waals surface area contributed by atoms with Crippen LogP contribution in [0.5, 0.6) is 0 Å². The molecule has 0 atom stereocenters. The van der Waals surface area contributed by atoms with Crippen LogP contribution in [-0.4, -0.2) is 20.7 Å². The highest BCUT2D eigenvalue weighted by atomic mass is 32.1. The lowest BCUT2D eigenvalue weighted by molar-refractivity contribution is -0.122. The number of aromatic nitrogens is 3. The Kier molecular flexibility index (Phi) is 3.93. The molecule has 1 amide bonds. The van der Waals surface area contributed by atoms with E-state index in [2.05, 4.69) is 28.4 Å². The quantitative estimate of drug-likeness (QED) is 0.837. The van der Waals surface area contributed by atoms with E-state index in [9.17, 15) is 4.79 Å². The van der Waals surface area contributed by atoms with Gasteiger partial charge in [-0.05, 0) is 23.4 Å². The van der Waals surface area contributed by atoms with Gasteiger partial charge in [0, 0.05) is 4.88 Å². The molecule has 0 aliphatic rings. The van der Waals surface area contributed by atoms with Gasteiger partial charge in [-0.2, -0.15) is 0 Å². The minimum Gasteiger partial charge on any atom is -0.367 e. The van der Waals surface area contributed by atoms with E-state index in [4.69, 9.17) is 5.73 Å². The maximum absolute atomic E-state index is 11.7. The van der Waals surface area contributed by atoms with Gasteiger partial charge < -0.3 is 11.1 Å². The van der Waals surface area contributed by atoms with E-state index < -0.39 is 0 Å². The van der Waals surface area contributed by atoms with Gasteiger partial charge in [0.2, 0.25) is 11.9 Å². The fraction of sp³-hybridized carbons (Fsp3) is 0.364. The zero-order valence-corrected chi connectivity index (χ0v) is 10.9. The van der Waals surface area contributed by atoms with E-state index in [0.29, 0.717) is 6.54 Å². The van der Waals surface area contributed by atoms with Gasteiger partial charge in [-0.15, -0.1) is 16.4 Å². The van der Waals surface area contributed by atoms with Crippen LogP contribution in [0.1, 0.15) is 17.4 Å². The van der Waals surface area contributed by atoms with Crippen molar-refractivity contribution in [1.29, 1.82) is 0 Å². The molecule has 0 bridgehead atoms. The van der Waals surface area contributed by atoms with Crippen molar-refractivity contribution in [3.63, 3.8) is 0 Å². The number of nitrogens with zero attached hydrogens (tertiary/aromatic N) is 3. The molecule has 0 aliphatic heterocycles. The average molecular weight is 265 g/mol. The van der Waals surface area contributed by atoms with E-state index in [1.165, 1.54) is 21.4 Å². The van der Waals surface area contributed by atoms with Crippen LogP contribution >= 0.6 is 11.3 Å². The predicted molar refractivity (Wildman–Crippen MR) is 70.0 cm³/mol. The number of hydrogen-bond acceptors (Lipinski definition) is 5. The maximum Gasteiger partial charge on any atom is 0.242 e. The van der Waals surface area contributed by atoms with E-state index >= 15 is 0 Å². The molecule has 7 heteroatoms. The molecule has 0 fully saturated rings. The van der Waals surface area contributed by atoms with E-state index in [1.54, 1.807) is 11.3 Å². The van der Waals surface area contributed by atoms with Crippen LogP contribution in [0.2, 0.25) is 0 Å². The highest BCUT2D eigenvalue weighted by molar-refractivity contribution is 7.10. The predicted octanol–water partition coefficient (Wildman–Crippen LogP) is 0.801. The van der Waals surface area contributed by atoms with E-state index in [-0.39, 0.29) is 18.4 Å². The van der Waals surface area contributed by atoms with Gasteiger partial charge in [0.15, 0.2) is 0 Å². The minimum absolute atomic E-state index is 0.102. The monoisotopic (exact) mass is 265 g/mol. The molecule has 2 heterocycles. The van der Waals surface area contributed by atoms with Crippen LogP contribution in [0.4, 0.5) is 5.95 Å². The van der Waals surface area contributed by atoms with Crippen LogP contribution < -0.4 is 11.1 Å². The van der Waals surface area contributed by atoms with Crippen LogP contribution in [0.25, 0.3) is 0 Å². The Hall–Kier alpha value is -1.89. The van der Waals surface area contributed by atoms with Crippen LogP contribution in [0.15, 0.2) is 17.8 Å². The SMILES string of the molecule is CCc1ccsc1CNC(=O)Cn1cnc(N)n1. The van der Waals surface area contributed by atoms with Crippen LogP contribution in [0.3, 0.4) is 0 Å². The van der Waals surface area contributed by atoms with Gasteiger partial charge in [-0.3, -0.25) is 4.79 Å². The standard InChI is InChI=1S/C11H15N5OS/c1-2-8-3-4-18-9(8)5-13-10(17)6-16-7-14-11(12)15-16/h3-4,7H,2,5-6H2,1H3,(H2,12,15)(H,13,17). The van der Waals surface area contributed by atoms with Crippen LogP contribution in [-0.2, 0) is 24.3 Å². The maximum atomic E-state index is 11.7. The van der Waals surface area contributed by atoms with Crippen molar-refractivity contribution < 1.29 is 4.79 Å². The Bertz CT molecular complexity index is 533. The van der Waals surface area contributed by atoms with Gasteiger partial charge in [0.25, 0.3) is 0 Å². The molecule has 0 aromatic carbocycles. The summed E-state index contributed by atoms with van der Waals surface area (Å²) in [6.45, 7) is 2.80. The summed E-state index contributed by atoms with van der Waals surface area (Å²) in [5.74, 6) is 0.0738. The second kappa shape index (κ2) is 5.63. The summed E-state index contributed by atoms with van der Waals surface area (Å²) < 4.78 is 1.42. The second-order valence-electron chi connectivity index (χ2n) is 3.80. The summed E-state index contributed by atoms with van der Waals surface area (Å²) >= 11 is 1.66. The molecule has 0 saturated carbocycles. The van der Waals surface area contributed by atoms with Gasteiger partial charge in [-0.25, -0.2) is 9.67 Å². The van der Waals surface area contributed by atoms with Crippen molar-refractivity contribution in [3.05, 3.63) is 28.2 Å². The Labute approximate surface area is 109 Å². The highest BCUT2D eigenvalue weighted by Crippen LogP contribution is 2.16. The summed E-state index contributed by atoms with van der Waals surface area (Å²) in [7, 11) is 0. The van der Waals surface area contributed by atoms with Crippen molar-refractivity contribution in [2.45, 2.75) is 26.4 Å². The normalized spacial score (nSPS) is 10.5. The van der Waals surface area contributed by atoms with Crippen molar-refractivity contribution in [2.75, 3.05) is 5.73 Å². The third-order valence-electron chi connectivity index (χ3n) is 2.52. The zero-order chi connectivity index (χ0) is 13.0. The second-order valence-corrected chi connectivity index (χ2v) is 4.80. The first-order chi connectivity index (χ1) is 8.69. The molecule has 2 aromatic heterocycles. The number of nitrogens with one attached hydrogen (secondary N) is 1. The Morgan fingerprint density at radius 3 is 3.11 bits per heavy atom. The van der Waals surface area contributed by atoms with Crippen LogP contribution in [0, 0.1) is 0 Å². The molecule has 6 nitrogen and oxygen atoms in total. The molecule has 2 rings (SSSR count). The molecule has 0 spiro atoms. The average Bonchev–Trinajstić information content (AvgIpc) is 2.95. The lowest BCUT2D eigenvalue weighted by Crippen LogP contribution is -2.27. The Morgan fingerprint density at radius 2 is 2.44 bits per heavy atom. The number of thiophene rings is 1. The number of nitrogen functional groups attached to an aromatic ring is 1. The Morgan fingerprint density at radius 1 is 1.61 bits per heavy atom. The lowest BCUT2D eigenvalue weighted by Gasteiger charge is -2.05. The first kappa shape index (κ1) is 12.6. The van der Waals surface area contributed by atoms with Crippen molar-refractivity contribution in [2.24, 2.45) is 0 Å². The number of rotatable bonds is 5. The first-order valence-corrected chi connectivity index (χ1v) is 6.54. The van der Waals surface area contributed by atoms with Crippen molar-refractivity contribution in [3.8, 4) is 0 Å². The number of carbonyl (C=O) groups excluding carboxylic acids is 1. The molecule has 0 unspecified atom stereocenters. The third kappa shape index (κ3) is 3.07. The molecule has 0 radical (unpaired) electrons. The minimum atomic E-state index is -0.102. The Balaban J connectivity index is 1.85. The van der Waals surface area contributed by atoms with Crippen molar-refractivity contribution >= 4 is 23.2 Å². The fourth-order valence-electron chi connectivity index (χ4n) is 1.60. The molecule has 0 aliphatic carbocycles. The number of anilines is 1. The molecule has 96 valence electrons. The number of amides is 1. The summed E-state index contributed by atoms with van der Waals surface area (Å²) in [5, 5.41) is 8.75. The molecular formula is C11H15N5OS. The molecule has 18 heavy (non-hydrogen) atoms. The fourth-order valence-corrected chi connectivity index (χ4v) is 2.52. The van der Waals surface area contributed by atoms with Gasteiger partial charge >= 0.3 is 0 Å². The first-order valence-electron chi connectivity index (χ1n) is 5.66. The molecule has 3 N–H and O–H groups in total. The smallest absolute Gasteiger partial charge is 0.242 e. The van der Waals surface area contributed by atoms with Crippen molar-refractivity contribution in [1.82, 2.24) is 20.1 Å². The van der Waals surface area contributed by atoms with E-state index in [0.717, 1.165) is 6.42 Å². The summed E-state index contributed by atoms with van der Waals surface area (Å²) in [5.41, 5.74) is 6.65. The zero-order valence-electron chi connectivity index (χ0n) is 10.1. The summed E-state index contributed by atoms with van der Waals surface area (Å²) in [4.78, 5) is 16.6. The van der Waals surface area contributed by atoms with Gasteiger partial charge in [-0.1, -0.05) is 6.92 Å². The summed E-state index contributed by atoms with van der Waals surface area (Å²) in [6.07, 6.45) is 2.42. The number of hydrogen-bond donors (Lipinski definition) is 2. The number of carbonyl (C=O) groups is 1. The lowest BCUT2D eigenvalue weighted by atomic mass is 10.2. The molecular weight excluding hydrogens is 250 g/mol. The highest BCUT2D eigenvalue weighted by Gasteiger charge is 2.07. The molecule has 2 aromatic rings. The third-order valence-corrected chi connectivity index (χ3v) is 3.49.